The number of likely N-dealkylation sites (N-methyl/N-ethyl adjacent to an activating group) is 1. The third-order valence-electron chi connectivity index (χ3n) is 5.89. The first-order valence-corrected chi connectivity index (χ1v) is 11.7. The predicted molar refractivity (Wildman–Crippen MR) is 115 cm³/mol. The van der Waals surface area contributed by atoms with Crippen molar-refractivity contribution in [3.05, 3.63) is 59.8 Å². The highest BCUT2D eigenvalue weighted by atomic mass is 32.2. The maximum atomic E-state index is 13.6. The molecule has 0 aliphatic carbocycles. The Morgan fingerprint density at radius 2 is 1.76 bits per heavy atom. The van der Waals surface area contributed by atoms with Crippen LogP contribution in [0.3, 0.4) is 0 Å². The molecule has 0 saturated carbocycles. The fraction of sp³-hybridized carbons (Fsp3) is 0.348. The van der Waals surface area contributed by atoms with Crippen LogP contribution in [0.2, 0.25) is 0 Å². The van der Waals surface area contributed by atoms with E-state index < -0.39 is 9.84 Å². The Balaban J connectivity index is 1.95. The van der Waals surface area contributed by atoms with Crippen molar-refractivity contribution in [3.63, 3.8) is 0 Å². The van der Waals surface area contributed by atoms with Gasteiger partial charge >= 0.3 is 0 Å². The van der Waals surface area contributed by atoms with E-state index in [1.54, 1.807) is 18.3 Å². The number of H-pyrrole nitrogens is 1. The third-order valence-corrected chi connectivity index (χ3v) is 7.68. The number of fused-ring (bicyclic) bond motifs is 1. The average molecular weight is 412 g/mol. The molecule has 5 nitrogen and oxygen atoms in total. The number of hydrogen-bond donors (Lipinski definition) is 1. The van der Waals surface area contributed by atoms with Crippen molar-refractivity contribution < 1.29 is 18.3 Å². The number of pyridine rings is 1. The molecular formula is C23H29N3O2S+2. The second-order valence-electron chi connectivity index (χ2n) is 8.00. The normalized spacial score (nSPS) is 15.8. The zero-order chi connectivity index (χ0) is 20.6. The van der Waals surface area contributed by atoms with Gasteiger partial charge in [-0.1, -0.05) is 30.7 Å². The lowest BCUT2D eigenvalue weighted by atomic mass is 10.1. The fourth-order valence-electron chi connectivity index (χ4n) is 3.96. The minimum Gasteiger partial charge on any atom is -0.358 e. The summed E-state index contributed by atoms with van der Waals surface area (Å²) >= 11 is 0. The Labute approximate surface area is 172 Å². The van der Waals surface area contributed by atoms with Crippen LogP contribution in [0.4, 0.5) is 5.69 Å². The molecule has 0 radical (unpaired) electrons. The number of nitrogens with one attached hydrogen (secondary N) is 2. The van der Waals surface area contributed by atoms with Crippen molar-refractivity contribution in [2.45, 2.75) is 30.1 Å². The molecule has 3 aromatic rings. The maximum absolute atomic E-state index is 13.6. The summed E-state index contributed by atoms with van der Waals surface area (Å²) in [6, 6.07) is 13.4. The predicted octanol–water partition coefficient (Wildman–Crippen LogP) is 1.69. The van der Waals surface area contributed by atoms with Crippen molar-refractivity contribution >= 4 is 26.4 Å². The van der Waals surface area contributed by atoms with Crippen LogP contribution in [0.15, 0.2) is 58.5 Å². The number of nitrogens with zero attached hydrogens (tertiary/aromatic N) is 1. The summed E-state index contributed by atoms with van der Waals surface area (Å²) in [4.78, 5) is 7.67. The molecule has 1 fully saturated rings. The molecule has 0 bridgehead atoms. The fourth-order valence-corrected chi connectivity index (χ4v) is 5.42. The van der Waals surface area contributed by atoms with Crippen LogP contribution in [0, 0.1) is 6.92 Å². The first-order valence-electron chi connectivity index (χ1n) is 10.3. The Morgan fingerprint density at radius 3 is 2.41 bits per heavy atom. The lowest BCUT2D eigenvalue weighted by Gasteiger charge is -2.33. The number of anilines is 1. The number of hydrogen-bond acceptors (Lipinski definition) is 3. The summed E-state index contributed by atoms with van der Waals surface area (Å²) in [6.07, 6.45) is 2.58. The second-order valence-corrected chi connectivity index (χ2v) is 9.91. The summed E-state index contributed by atoms with van der Waals surface area (Å²) in [5, 5.41) is 0.983. The van der Waals surface area contributed by atoms with E-state index in [2.05, 4.69) is 42.1 Å². The summed E-state index contributed by atoms with van der Waals surface area (Å²) in [5.41, 5.74) is 4.05. The van der Waals surface area contributed by atoms with Gasteiger partial charge in [0.1, 0.15) is 0 Å². The number of rotatable bonds is 4. The summed E-state index contributed by atoms with van der Waals surface area (Å²) in [6.45, 7) is 7.77. The molecule has 1 aliphatic heterocycles. The van der Waals surface area contributed by atoms with Gasteiger partial charge < -0.3 is 9.80 Å². The Hall–Kier alpha value is -2.44. The van der Waals surface area contributed by atoms with E-state index in [1.807, 2.05) is 19.1 Å². The van der Waals surface area contributed by atoms with Gasteiger partial charge in [0.2, 0.25) is 15.4 Å². The lowest BCUT2D eigenvalue weighted by molar-refractivity contribution is -0.880. The minimum absolute atomic E-state index is 0.337. The SMILES string of the molecule is CCc1ccc2[nH+]cc(S(=O)(=O)c3ccc(C)cc3)c(N3CC[NH+](C)CC3)c2c1. The molecule has 0 amide bonds. The first-order chi connectivity index (χ1) is 13.9. The largest absolute Gasteiger partial charge is 0.358 e. The van der Waals surface area contributed by atoms with Gasteiger partial charge in [0.15, 0.2) is 11.1 Å². The van der Waals surface area contributed by atoms with E-state index >= 15 is 0 Å². The minimum atomic E-state index is -3.64. The molecule has 4 rings (SSSR count). The van der Waals surface area contributed by atoms with Crippen LogP contribution < -0.4 is 14.8 Å². The molecule has 0 spiro atoms. The number of aryl methyl sites for hydroxylation is 2. The molecule has 2 heterocycles. The molecule has 2 aromatic carbocycles. The lowest BCUT2D eigenvalue weighted by Crippen LogP contribution is -3.12. The van der Waals surface area contributed by atoms with E-state index in [0.29, 0.717) is 9.79 Å². The highest BCUT2D eigenvalue weighted by molar-refractivity contribution is 7.91. The summed E-state index contributed by atoms with van der Waals surface area (Å²) in [7, 11) is -1.45. The van der Waals surface area contributed by atoms with Gasteiger partial charge in [-0.05, 0) is 37.1 Å². The van der Waals surface area contributed by atoms with E-state index in [4.69, 9.17) is 0 Å². The topological polar surface area (TPSA) is 56.0 Å². The maximum Gasteiger partial charge on any atom is 0.214 e. The van der Waals surface area contributed by atoms with Crippen LogP contribution in [-0.2, 0) is 16.3 Å². The van der Waals surface area contributed by atoms with E-state index in [-0.39, 0.29) is 0 Å². The molecule has 6 heteroatoms. The molecule has 0 unspecified atom stereocenters. The van der Waals surface area contributed by atoms with Crippen LogP contribution >= 0.6 is 0 Å². The molecule has 29 heavy (non-hydrogen) atoms. The van der Waals surface area contributed by atoms with Gasteiger partial charge in [0.05, 0.1) is 49.2 Å². The number of quaternary nitrogens is 1. The molecule has 0 atom stereocenters. The molecule has 1 saturated heterocycles. The van der Waals surface area contributed by atoms with Crippen LogP contribution in [0.5, 0.6) is 0 Å². The number of aromatic nitrogens is 1. The Bertz CT molecular complexity index is 1130. The van der Waals surface area contributed by atoms with Gasteiger partial charge in [0, 0.05) is 6.07 Å². The second kappa shape index (κ2) is 7.76. The molecule has 152 valence electrons. The molecule has 1 aliphatic rings. The van der Waals surface area contributed by atoms with Gasteiger partial charge in [-0.25, -0.2) is 13.4 Å². The quantitative estimate of drug-likeness (QED) is 0.711. The van der Waals surface area contributed by atoms with Crippen LogP contribution in [-0.4, -0.2) is 41.6 Å². The molecule has 1 aromatic heterocycles. The summed E-state index contributed by atoms with van der Waals surface area (Å²) in [5.74, 6) is 0. The number of aromatic amines is 1. The van der Waals surface area contributed by atoms with Gasteiger partial charge in [-0.15, -0.1) is 0 Å². The van der Waals surface area contributed by atoms with Crippen LogP contribution in [0.1, 0.15) is 18.1 Å². The van der Waals surface area contributed by atoms with Gasteiger partial charge in [0.25, 0.3) is 0 Å². The molecular weight excluding hydrogens is 382 g/mol. The third kappa shape index (κ3) is 3.74. The average Bonchev–Trinajstić information content (AvgIpc) is 2.73. The molecule has 2 N–H and O–H groups in total. The van der Waals surface area contributed by atoms with Crippen molar-refractivity contribution in [3.8, 4) is 0 Å². The van der Waals surface area contributed by atoms with Crippen molar-refractivity contribution in [1.29, 1.82) is 0 Å². The van der Waals surface area contributed by atoms with Crippen molar-refractivity contribution in [2.75, 3.05) is 38.1 Å². The van der Waals surface area contributed by atoms with Gasteiger partial charge in [-0.2, -0.15) is 0 Å². The number of sulfone groups is 1. The van der Waals surface area contributed by atoms with Crippen LogP contribution in [0.25, 0.3) is 10.9 Å². The number of benzene rings is 2. The highest BCUT2D eigenvalue weighted by Crippen LogP contribution is 2.35. The van der Waals surface area contributed by atoms with E-state index in [9.17, 15) is 8.42 Å². The zero-order valence-corrected chi connectivity index (χ0v) is 18.1. The summed E-state index contributed by atoms with van der Waals surface area (Å²) < 4.78 is 27.2. The van der Waals surface area contributed by atoms with E-state index in [1.165, 1.54) is 10.5 Å². The van der Waals surface area contributed by atoms with Crippen molar-refractivity contribution in [2.24, 2.45) is 0 Å². The monoisotopic (exact) mass is 411 g/mol. The zero-order valence-electron chi connectivity index (χ0n) is 17.3. The number of piperazine rings is 1. The smallest absolute Gasteiger partial charge is 0.214 e. The Kier molecular flexibility index (Phi) is 5.32. The van der Waals surface area contributed by atoms with E-state index in [0.717, 1.165) is 54.8 Å². The standard InChI is InChI=1S/C23H27N3O2S/c1-4-18-7-10-21-20(15-18)23(26-13-11-25(3)12-14-26)22(16-24-21)29(27,28)19-8-5-17(2)6-9-19/h5-10,15-16H,4,11-14H2,1-3H3/p+2. The Morgan fingerprint density at radius 1 is 1.07 bits per heavy atom. The first kappa shape index (κ1) is 19.9. The van der Waals surface area contributed by atoms with Gasteiger partial charge in [-0.3, -0.25) is 0 Å². The highest BCUT2D eigenvalue weighted by Gasteiger charge is 2.31. The van der Waals surface area contributed by atoms with Crippen molar-refractivity contribution in [1.82, 2.24) is 0 Å².